The Balaban J connectivity index is 1.83. The van der Waals surface area contributed by atoms with Gasteiger partial charge in [-0.15, -0.1) is 0 Å². The monoisotopic (exact) mass is 540 g/mol. The van der Waals surface area contributed by atoms with Crippen molar-refractivity contribution >= 4 is 58.3 Å². The highest BCUT2D eigenvalue weighted by Gasteiger charge is 2.38. The van der Waals surface area contributed by atoms with Gasteiger partial charge in [-0.2, -0.15) is 0 Å². The highest BCUT2D eigenvalue weighted by atomic mass is 35.5. The first-order chi connectivity index (χ1) is 16.9. The molecule has 4 amide bonds. The normalized spacial score (nSPS) is 19.7. The number of nitrogens with one attached hydrogen (secondary N) is 4. The Bertz CT molecular complexity index is 1110. The Morgan fingerprint density at radius 1 is 1.19 bits per heavy atom. The molecule has 0 bridgehead atoms. The molecule has 2 fully saturated rings. The zero-order chi connectivity index (χ0) is 26.6. The van der Waals surface area contributed by atoms with Gasteiger partial charge in [0.2, 0.25) is 17.6 Å². The van der Waals surface area contributed by atoms with Gasteiger partial charge in [0, 0.05) is 35.9 Å². The van der Waals surface area contributed by atoms with Crippen molar-refractivity contribution in [2.24, 2.45) is 5.92 Å². The van der Waals surface area contributed by atoms with Crippen molar-refractivity contribution in [3.8, 4) is 0 Å². The van der Waals surface area contributed by atoms with Gasteiger partial charge in [-0.3, -0.25) is 24.0 Å². The number of ketones is 1. The van der Waals surface area contributed by atoms with Crippen molar-refractivity contribution in [1.82, 2.24) is 16.0 Å². The van der Waals surface area contributed by atoms with E-state index in [2.05, 4.69) is 27.8 Å². The van der Waals surface area contributed by atoms with E-state index in [4.69, 9.17) is 23.2 Å². The quantitative estimate of drug-likeness (QED) is 0.320. The molecule has 1 aromatic carbocycles. The molecule has 1 saturated heterocycles. The number of amides is 4. The van der Waals surface area contributed by atoms with Crippen LogP contribution in [0.4, 0.5) is 10.1 Å². The van der Waals surface area contributed by atoms with Gasteiger partial charge in [-0.25, -0.2) is 4.39 Å². The maximum absolute atomic E-state index is 13.3. The Morgan fingerprint density at radius 2 is 1.89 bits per heavy atom. The third-order valence-electron chi connectivity index (χ3n) is 5.86. The van der Waals surface area contributed by atoms with Gasteiger partial charge in [-0.05, 0) is 44.7 Å². The molecule has 0 spiro atoms. The van der Waals surface area contributed by atoms with E-state index in [1.165, 1.54) is 12.1 Å². The van der Waals surface area contributed by atoms with Gasteiger partial charge in [0.05, 0.1) is 28.1 Å². The number of hydrogen-bond donors (Lipinski definition) is 4. The summed E-state index contributed by atoms with van der Waals surface area (Å²) in [6, 6.07) is 1.04. The minimum atomic E-state index is -1.31. The first-order valence-electron chi connectivity index (χ1n) is 11.5. The standard InChI is InChI=1S/C24H27Cl2FN4O5/c1-11(27)3-6-19(32)31-20-16(9-14(25)10-17(20)26)23(35)30-18(8-13-7-12(2)28-22(13)34)21(33)24(36)29-15-4-5-15/h9-10,12-13,15,18H,1,3-8H2,2H3,(H,28,34)(H,29,36)(H,30,35)(H,31,32)/t12-,13+,18+/m1/s1. The largest absolute Gasteiger partial charge is 0.353 e. The summed E-state index contributed by atoms with van der Waals surface area (Å²) in [7, 11) is 0. The molecular formula is C24H27Cl2FN4O5. The smallest absolute Gasteiger partial charge is 0.289 e. The predicted molar refractivity (Wildman–Crippen MR) is 132 cm³/mol. The van der Waals surface area contributed by atoms with E-state index >= 15 is 0 Å². The van der Waals surface area contributed by atoms with E-state index < -0.39 is 41.3 Å². The lowest BCUT2D eigenvalue weighted by Crippen LogP contribution is -2.49. The maximum Gasteiger partial charge on any atom is 0.289 e. The zero-order valence-electron chi connectivity index (χ0n) is 19.6. The minimum absolute atomic E-state index is 0.0570. The highest BCUT2D eigenvalue weighted by molar-refractivity contribution is 6.39. The van der Waals surface area contributed by atoms with Crippen LogP contribution < -0.4 is 21.3 Å². The van der Waals surface area contributed by atoms with Crippen LogP contribution in [0.2, 0.25) is 10.0 Å². The lowest BCUT2D eigenvalue weighted by molar-refractivity contribution is -0.139. The van der Waals surface area contributed by atoms with E-state index in [0.717, 1.165) is 12.8 Å². The molecule has 1 aromatic rings. The average molecular weight is 541 g/mol. The molecule has 194 valence electrons. The van der Waals surface area contributed by atoms with E-state index in [-0.39, 0.29) is 58.5 Å². The molecule has 0 aromatic heterocycles. The lowest BCUT2D eigenvalue weighted by atomic mass is 9.93. The molecule has 1 saturated carbocycles. The third-order valence-corrected chi connectivity index (χ3v) is 6.38. The van der Waals surface area contributed by atoms with Crippen molar-refractivity contribution in [2.75, 3.05) is 5.32 Å². The summed E-state index contributed by atoms with van der Waals surface area (Å²) in [6.07, 6.45) is 1.41. The second-order valence-electron chi connectivity index (χ2n) is 9.09. The zero-order valence-corrected chi connectivity index (χ0v) is 21.1. The minimum Gasteiger partial charge on any atom is -0.353 e. The van der Waals surface area contributed by atoms with Gasteiger partial charge >= 0.3 is 0 Å². The predicted octanol–water partition coefficient (Wildman–Crippen LogP) is 3.06. The van der Waals surface area contributed by atoms with E-state index in [0.29, 0.717) is 6.42 Å². The first-order valence-corrected chi connectivity index (χ1v) is 12.3. The number of carbonyl (C=O) groups excluding carboxylic acids is 5. The summed E-state index contributed by atoms with van der Waals surface area (Å²) in [6.45, 7) is 4.91. The molecule has 0 radical (unpaired) electrons. The number of Topliss-reactive ketones (excluding diaryl/α,β-unsaturated/α-hetero) is 1. The van der Waals surface area contributed by atoms with Crippen LogP contribution in [-0.4, -0.2) is 47.5 Å². The van der Waals surface area contributed by atoms with Crippen LogP contribution in [0.25, 0.3) is 0 Å². The second kappa shape index (κ2) is 11.8. The fourth-order valence-corrected chi connectivity index (χ4v) is 4.42. The van der Waals surface area contributed by atoms with Gasteiger partial charge in [0.1, 0.15) is 0 Å². The topological polar surface area (TPSA) is 133 Å². The third kappa shape index (κ3) is 7.51. The number of allylic oxidation sites excluding steroid dienone is 1. The van der Waals surface area contributed by atoms with Gasteiger partial charge in [0.25, 0.3) is 11.8 Å². The summed E-state index contributed by atoms with van der Waals surface area (Å²) < 4.78 is 13.0. The van der Waals surface area contributed by atoms with Crippen LogP contribution in [-0.2, 0) is 19.2 Å². The number of halogens is 3. The number of carbonyl (C=O) groups is 5. The maximum atomic E-state index is 13.3. The number of hydrogen-bond acceptors (Lipinski definition) is 5. The summed E-state index contributed by atoms with van der Waals surface area (Å²) in [5, 5.41) is 10.4. The molecule has 1 aliphatic heterocycles. The van der Waals surface area contributed by atoms with Crippen molar-refractivity contribution < 1.29 is 28.4 Å². The van der Waals surface area contributed by atoms with Gasteiger partial charge in [0.15, 0.2) is 0 Å². The van der Waals surface area contributed by atoms with Crippen LogP contribution in [0, 0.1) is 5.92 Å². The molecule has 12 heteroatoms. The van der Waals surface area contributed by atoms with Gasteiger partial charge in [-0.1, -0.05) is 29.8 Å². The van der Waals surface area contributed by atoms with E-state index in [1.54, 1.807) is 0 Å². The molecule has 3 rings (SSSR count). The first kappa shape index (κ1) is 27.6. The number of rotatable bonds is 11. The van der Waals surface area contributed by atoms with Crippen LogP contribution in [0.15, 0.2) is 24.5 Å². The Morgan fingerprint density at radius 3 is 2.47 bits per heavy atom. The molecule has 2 aliphatic rings. The Labute approximate surface area is 217 Å². The Hall–Kier alpha value is -2.98. The summed E-state index contributed by atoms with van der Waals surface area (Å²) in [4.78, 5) is 63.3. The van der Waals surface area contributed by atoms with Crippen molar-refractivity contribution in [2.45, 2.75) is 63.6 Å². The van der Waals surface area contributed by atoms with Crippen LogP contribution in [0.1, 0.15) is 55.8 Å². The summed E-state index contributed by atoms with van der Waals surface area (Å²) in [5.74, 6) is -4.74. The van der Waals surface area contributed by atoms with Crippen molar-refractivity contribution in [3.05, 3.63) is 40.1 Å². The molecular weight excluding hydrogens is 514 g/mol. The molecule has 4 N–H and O–H groups in total. The van der Waals surface area contributed by atoms with Gasteiger partial charge < -0.3 is 21.3 Å². The SMILES string of the molecule is C=C(F)CCC(=O)Nc1c(Cl)cc(Cl)cc1C(=O)N[C@@H](C[C@@H]1C[C@@H](C)NC1=O)C(=O)C(=O)NC1CC1. The summed E-state index contributed by atoms with van der Waals surface area (Å²) >= 11 is 12.3. The average Bonchev–Trinajstić information content (AvgIpc) is 3.55. The lowest BCUT2D eigenvalue weighted by Gasteiger charge is -2.21. The fourth-order valence-electron chi connectivity index (χ4n) is 3.88. The number of benzene rings is 1. The molecule has 36 heavy (non-hydrogen) atoms. The summed E-state index contributed by atoms with van der Waals surface area (Å²) in [5.41, 5.74) is -0.251. The van der Waals surface area contributed by atoms with Crippen LogP contribution in [0.3, 0.4) is 0 Å². The molecule has 9 nitrogen and oxygen atoms in total. The highest BCUT2D eigenvalue weighted by Crippen LogP contribution is 2.31. The molecule has 0 unspecified atom stereocenters. The molecule has 1 aliphatic carbocycles. The second-order valence-corrected chi connectivity index (χ2v) is 9.94. The van der Waals surface area contributed by atoms with Crippen molar-refractivity contribution in [3.63, 3.8) is 0 Å². The molecule has 3 atom stereocenters. The van der Waals surface area contributed by atoms with Crippen LogP contribution in [0.5, 0.6) is 0 Å². The van der Waals surface area contributed by atoms with Crippen molar-refractivity contribution in [1.29, 1.82) is 0 Å². The molecule has 1 heterocycles. The number of anilines is 1. The van der Waals surface area contributed by atoms with Crippen LogP contribution >= 0.6 is 23.2 Å². The van der Waals surface area contributed by atoms with E-state index in [9.17, 15) is 28.4 Å². The Kier molecular flexibility index (Phi) is 9.08. The van der Waals surface area contributed by atoms with E-state index in [1.807, 2.05) is 6.92 Å². The fraction of sp³-hybridized carbons (Fsp3) is 0.458.